The number of nitrogens with zero attached hydrogens (tertiary/aromatic N) is 4. The largest absolute Gasteiger partial charge is 0.352 e. The summed E-state index contributed by atoms with van der Waals surface area (Å²) in [5.74, 6) is 0.907. The highest BCUT2D eigenvalue weighted by molar-refractivity contribution is 6.35. The van der Waals surface area contributed by atoms with Crippen molar-refractivity contribution >= 4 is 29.1 Å². The highest BCUT2D eigenvalue weighted by Crippen LogP contribution is 2.20. The number of H-pyrrole nitrogens is 1. The van der Waals surface area contributed by atoms with Crippen LogP contribution in [0.2, 0.25) is 10.0 Å². The monoisotopic (exact) mass is 366 g/mol. The summed E-state index contributed by atoms with van der Waals surface area (Å²) < 4.78 is 5.07. The second-order valence-electron chi connectivity index (χ2n) is 4.86. The number of hydrogen-bond acceptors (Lipinski definition) is 6. The Hall–Kier alpha value is -2.45. The molecule has 2 heterocycles. The molecule has 0 atom stereocenters. The maximum atomic E-state index is 11.9. The Balaban J connectivity index is 1.49. The van der Waals surface area contributed by atoms with Crippen LogP contribution < -0.4 is 5.32 Å². The summed E-state index contributed by atoms with van der Waals surface area (Å²) in [6.07, 6.45) is 1.88. The molecule has 3 rings (SSSR count). The number of carbonyl (C=O) groups is 1. The summed E-state index contributed by atoms with van der Waals surface area (Å²) in [5, 5.41) is 13.9. The first-order chi connectivity index (χ1) is 11.6. The van der Waals surface area contributed by atoms with Crippen molar-refractivity contribution < 1.29 is 9.32 Å². The van der Waals surface area contributed by atoms with Crippen molar-refractivity contribution in [2.24, 2.45) is 0 Å². The van der Waals surface area contributed by atoms with Crippen LogP contribution in [0.3, 0.4) is 0 Å². The number of aryl methyl sites for hydroxylation is 1. The van der Waals surface area contributed by atoms with E-state index < -0.39 is 0 Å². The molecule has 24 heavy (non-hydrogen) atoms. The molecule has 0 spiro atoms. The molecule has 0 fully saturated rings. The number of hydrogen-bond donors (Lipinski definition) is 2. The van der Waals surface area contributed by atoms with Gasteiger partial charge in [-0.3, -0.25) is 9.89 Å². The van der Waals surface area contributed by atoms with Crippen LogP contribution in [0.15, 0.2) is 29.0 Å². The lowest BCUT2D eigenvalue weighted by Crippen LogP contribution is -2.23. The van der Waals surface area contributed by atoms with Crippen molar-refractivity contribution in [3.05, 3.63) is 46.0 Å². The quantitative estimate of drug-likeness (QED) is 0.692. The number of amides is 1. The average molecular weight is 367 g/mol. The van der Waals surface area contributed by atoms with Crippen molar-refractivity contribution in [1.29, 1.82) is 0 Å². The molecular formula is C14H12Cl2N6O2. The molecule has 10 heteroatoms. The number of benzene rings is 1. The zero-order chi connectivity index (χ0) is 16.9. The van der Waals surface area contributed by atoms with E-state index in [0.29, 0.717) is 40.6 Å². The van der Waals surface area contributed by atoms with Crippen molar-refractivity contribution in [2.45, 2.75) is 19.4 Å². The summed E-state index contributed by atoms with van der Waals surface area (Å²) >= 11 is 11.9. The van der Waals surface area contributed by atoms with Crippen LogP contribution in [0.1, 0.15) is 17.9 Å². The van der Waals surface area contributed by atoms with Gasteiger partial charge in [0.15, 0.2) is 5.82 Å². The third kappa shape index (κ3) is 4.09. The van der Waals surface area contributed by atoms with E-state index in [0.717, 1.165) is 5.56 Å². The molecule has 8 nitrogen and oxygen atoms in total. The fourth-order valence-electron chi connectivity index (χ4n) is 1.93. The van der Waals surface area contributed by atoms with Crippen molar-refractivity contribution in [1.82, 2.24) is 30.6 Å². The van der Waals surface area contributed by atoms with Gasteiger partial charge in [-0.05, 0) is 17.7 Å². The second kappa shape index (κ2) is 7.41. The fraction of sp³-hybridized carbons (Fsp3) is 0.214. The molecule has 0 unspecified atom stereocenters. The smallest absolute Gasteiger partial charge is 0.239 e. The van der Waals surface area contributed by atoms with Crippen LogP contribution in [0, 0.1) is 0 Å². The first-order valence-electron chi connectivity index (χ1n) is 7.01. The highest BCUT2D eigenvalue weighted by atomic mass is 35.5. The van der Waals surface area contributed by atoms with Gasteiger partial charge in [0.1, 0.15) is 6.33 Å². The molecule has 0 aliphatic rings. The Bertz CT molecular complexity index is 834. The Morgan fingerprint density at radius 2 is 2.21 bits per heavy atom. The Kier molecular flexibility index (Phi) is 5.07. The van der Waals surface area contributed by atoms with Gasteiger partial charge in [-0.1, -0.05) is 34.4 Å². The van der Waals surface area contributed by atoms with Gasteiger partial charge < -0.3 is 9.84 Å². The Morgan fingerprint density at radius 3 is 2.96 bits per heavy atom. The van der Waals surface area contributed by atoms with E-state index >= 15 is 0 Å². The van der Waals surface area contributed by atoms with Gasteiger partial charge in [0, 0.05) is 29.4 Å². The van der Waals surface area contributed by atoms with E-state index in [1.807, 2.05) is 0 Å². The van der Waals surface area contributed by atoms with E-state index in [1.165, 1.54) is 6.33 Å². The molecule has 0 aliphatic carbocycles. The van der Waals surface area contributed by atoms with Gasteiger partial charge in [-0.25, -0.2) is 4.98 Å². The van der Waals surface area contributed by atoms with Gasteiger partial charge in [-0.2, -0.15) is 10.1 Å². The number of aromatic nitrogens is 5. The van der Waals surface area contributed by atoms with Crippen molar-refractivity contribution in [2.75, 3.05) is 0 Å². The standard InChI is InChI=1S/C14H12Cl2N6O2/c15-9-2-1-8(10(16)5-9)6-17-11(23)3-4-12-20-14(22-24-12)13-18-7-19-21-13/h1-2,5,7H,3-4,6H2,(H,17,23)(H,18,19,21). The molecule has 3 aromatic rings. The molecule has 0 aliphatic heterocycles. The molecule has 0 radical (unpaired) electrons. The van der Waals surface area contributed by atoms with E-state index in [1.54, 1.807) is 18.2 Å². The number of rotatable bonds is 6. The lowest BCUT2D eigenvalue weighted by atomic mass is 10.2. The highest BCUT2D eigenvalue weighted by Gasteiger charge is 2.12. The van der Waals surface area contributed by atoms with Crippen LogP contribution in [0.5, 0.6) is 0 Å². The lowest BCUT2D eigenvalue weighted by Gasteiger charge is -2.06. The topological polar surface area (TPSA) is 110 Å². The predicted molar refractivity (Wildman–Crippen MR) is 86.3 cm³/mol. The second-order valence-corrected chi connectivity index (χ2v) is 5.70. The first kappa shape index (κ1) is 16.4. The third-order valence-electron chi connectivity index (χ3n) is 3.15. The maximum absolute atomic E-state index is 11.9. The summed E-state index contributed by atoms with van der Waals surface area (Å²) in [5.41, 5.74) is 0.791. The molecule has 2 aromatic heterocycles. The minimum absolute atomic E-state index is 0.152. The number of halogens is 2. The predicted octanol–water partition coefficient (Wildman–Crippen LogP) is 2.41. The minimum atomic E-state index is -0.152. The van der Waals surface area contributed by atoms with Crippen LogP contribution in [0.4, 0.5) is 0 Å². The Morgan fingerprint density at radius 1 is 1.33 bits per heavy atom. The van der Waals surface area contributed by atoms with Crippen molar-refractivity contribution in [3.8, 4) is 11.6 Å². The van der Waals surface area contributed by atoms with Crippen LogP contribution in [-0.2, 0) is 17.8 Å². The first-order valence-corrected chi connectivity index (χ1v) is 7.76. The minimum Gasteiger partial charge on any atom is -0.352 e. The van der Waals surface area contributed by atoms with Crippen molar-refractivity contribution in [3.63, 3.8) is 0 Å². The molecule has 124 valence electrons. The Labute approximate surface area is 146 Å². The fourth-order valence-corrected chi connectivity index (χ4v) is 2.41. The summed E-state index contributed by atoms with van der Waals surface area (Å²) in [6, 6.07) is 5.12. The average Bonchev–Trinajstić information content (AvgIpc) is 3.23. The van der Waals surface area contributed by atoms with Gasteiger partial charge in [0.05, 0.1) is 0 Å². The van der Waals surface area contributed by atoms with Gasteiger partial charge in [0.2, 0.25) is 17.6 Å². The van der Waals surface area contributed by atoms with Crippen LogP contribution >= 0.6 is 23.2 Å². The van der Waals surface area contributed by atoms with Crippen LogP contribution in [0.25, 0.3) is 11.6 Å². The summed E-state index contributed by atoms with van der Waals surface area (Å²) in [4.78, 5) is 20.0. The maximum Gasteiger partial charge on any atom is 0.239 e. The number of aromatic amines is 1. The SMILES string of the molecule is O=C(CCc1nc(-c2ncn[nH]2)no1)NCc1ccc(Cl)cc1Cl. The summed E-state index contributed by atoms with van der Waals surface area (Å²) in [7, 11) is 0. The van der Waals surface area contributed by atoms with Crippen LogP contribution in [-0.4, -0.2) is 31.2 Å². The van der Waals surface area contributed by atoms with E-state index in [2.05, 4.69) is 30.6 Å². The molecule has 0 saturated carbocycles. The zero-order valence-electron chi connectivity index (χ0n) is 12.3. The molecule has 2 N–H and O–H groups in total. The lowest BCUT2D eigenvalue weighted by molar-refractivity contribution is -0.121. The van der Waals surface area contributed by atoms with Gasteiger partial charge in [0.25, 0.3) is 0 Å². The normalized spacial score (nSPS) is 10.8. The molecule has 1 amide bonds. The molecule has 1 aromatic carbocycles. The number of nitrogens with one attached hydrogen (secondary N) is 2. The number of carbonyl (C=O) groups excluding carboxylic acids is 1. The summed E-state index contributed by atoms with van der Waals surface area (Å²) in [6.45, 7) is 0.321. The van der Waals surface area contributed by atoms with E-state index in [4.69, 9.17) is 27.7 Å². The molecule has 0 bridgehead atoms. The zero-order valence-corrected chi connectivity index (χ0v) is 13.8. The van der Waals surface area contributed by atoms with E-state index in [9.17, 15) is 4.79 Å². The van der Waals surface area contributed by atoms with E-state index in [-0.39, 0.29) is 12.3 Å². The molecule has 0 saturated heterocycles. The van der Waals surface area contributed by atoms with Gasteiger partial charge >= 0.3 is 0 Å². The van der Waals surface area contributed by atoms with Gasteiger partial charge in [-0.15, -0.1) is 0 Å². The third-order valence-corrected chi connectivity index (χ3v) is 3.74. The molecular weight excluding hydrogens is 355 g/mol.